The van der Waals surface area contributed by atoms with Gasteiger partial charge in [-0.3, -0.25) is 14.7 Å². The van der Waals surface area contributed by atoms with E-state index in [2.05, 4.69) is 20.2 Å². The van der Waals surface area contributed by atoms with Crippen molar-refractivity contribution in [3.63, 3.8) is 0 Å². The van der Waals surface area contributed by atoms with Crippen LogP contribution >= 0.6 is 0 Å². The number of aromatic amines is 1. The summed E-state index contributed by atoms with van der Waals surface area (Å²) in [5, 5.41) is 7.68. The summed E-state index contributed by atoms with van der Waals surface area (Å²) in [6, 6.07) is 5.47. The standard InChI is InChI=1S/C22H24N6O3/c1-31-13-19-24-22(26-25-19)28-11-9-18-16(21(28)30)12-15-17(23-18)8-10-27(20(15)29)14-6-4-2-3-5-7-14/h8-12,14H,2-7,13H2,1H3,(H,24,25,26). The summed E-state index contributed by atoms with van der Waals surface area (Å²) >= 11 is 0. The zero-order valence-electron chi connectivity index (χ0n) is 17.4. The molecular weight excluding hydrogens is 396 g/mol. The third-order valence-electron chi connectivity index (χ3n) is 6.00. The Kier molecular flexibility index (Phi) is 5.11. The molecule has 4 aromatic rings. The van der Waals surface area contributed by atoms with Gasteiger partial charge in [-0.15, -0.1) is 5.10 Å². The van der Waals surface area contributed by atoms with E-state index in [4.69, 9.17) is 4.74 Å². The zero-order chi connectivity index (χ0) is 21.4. The average Bonchev–Trinajstić information content (AvgIpc) is 3.06. The second kappa shape index (κ2) is 8.07. The van der Waals surface area contributed by atoms with Crippen LogP contribution in [0.3, 0.4) is 0 Å². The number of nitrogens with zero attached hydrogens (tertiary/aromatic N) is 5. The molecule has 1 N–H and O–H groups in total. The molecule has 0 radical (unpaired) electrons. The maximum Gasteiger partial charge on any atom is 0.267 e. The molecule has 9 heteroatoms. The topological polar surface area (TPSA) is 108 Å². The van der Waals surface area contributed by atoms with Crippen molar-refractivity contribution >= 4 is 21.8 Å². The fourth-order valence-corrected chi connectivity index (χ4v) is 4.41. The number of hydrogen-bond donors (Lipinski definition) is 1. The molecule has 4 aromatic heterocycles. The molecule has 1 fully saturated rings. The van der Waals surface area contributed by atoms with Gasteiger partial charge in [-0.2, -0.15) is 4.98 Å². The summed E-state index contributed by atoms with van der Waals surface area (Å²) < 4.78 is 8.21. The Balaban J connectivity index is 1.64. The molecule has 0 amide bonds. The number of methoxy groups -OCH3 is 1. The van der Waals surface area contributed by atoms with Gasteiger partial charge in [-0.05, 0) is 31.0 Å². The van der Waals surface area contributed by atoms with Crippen molar-refractivity contribution < 1.29 is 4.74 Å². The molecule has 0 saturated heterocycles. The van der Waals surface area contributed by atoms with Crippen molar-refractivity contribution in [3.8, 4) is 5.95 Å². The summed E-state index contributed by atoms with van der Waals surface area (Å²) in [6.07, 6.45) is 10.2. The lowest BCUT2D eigenvalue weighted by molar-refractivity contribution is 0.178. The van der Waals surface area contributed by atoms with Gasteiger partial charge in [0.05, 0.1) is 21.8 Å². The predicted octanol–water partition coefficient (Wildman–Crippen LogP) is 2.86. The van der Waals surface area contributed by atoms with Gasteiger partial charge < -0.3 is 9.30 Å². The highest BCUT2D eigenvalue weighted by Crippen LogP contribution is 2.26. The van der Waals surface area contributed by atoms with E-state index in [1.54, 1.807) is 25.4 Å². The molecule has 0 bridgehead atoms. The molecule has 160 valence electrons. The van der Waals surface area contributed by atoms with Crippen LogP contribution in [0.25, 0.3) is 27.8 Å². The maximum absolute atomic E-state index is 13.3. The summed E-state index contributed by atoms with van der Waals surface area (Å²) in [6.45, 7) is 0.266. The van der Waals surface area contributed by atoms with E-state index in [0.29, 0.717) is 27.6 Å². The summed E-state index contributed by atoms with van der Waals surface area (Å²) in [7, 11) is 1.56. The summed E-state index contributed by atoms with van der Waals surface area (Å²) in [5.41, 5.74) is 0.723. The van der Waals surface area contributed by atoms with Crippen LogP contribution in [0, 0.1) is 0 Å². The number of fused-ring (bicyclic) bond motifs is 2. The third kappa shape index (κ3) is 3.54. The van der Waals surface area contributed by atoms with E-state index in [1.807, 2.05) is 16.8 Å². The summed E-state index contributed by atoms with van der Waals surface area (Å²) in [4.78, 5) is 35.3. The monoisotopic (exact) mass is 420 g/mol. The van der Waals surface area contributed by atoms with Gasteiger partial charge in [0.2, 0.25) is 0 Å². The highest BCUT2D eigenvalue weighted by molar-refractivity contribution is 5.91. The Morgan fingerprint density at radius 1 is 1.00 bits per heavy atom. The molecule has 31 heavy (non-hydrogen) atoms. The van der Waals surface area contributed by atoms with Gasteiger partial charge in [0.25, 0.3) is 17.1 Å². The van der Waals surface area contributed by atoms with Crippen molar-refractivity contribution in [3.05, 3.63) is 57.1 Å². The van der Waals surface area contributed by atoms with Crippen LogP contribution in [0.1, 0.15) is 50.4 Å². The van der Waals surface area contributed by atoms with Crippen LogP contribution in [-0.4, -0.2) is 36.4 Å². The number of ether oxygens (including phenoxy) is 1. The fraction of sp³-hybridized carbons (Fsp3) is 0.409. The first-order valence-electron chi connectivity index (χ1n) is 10.6. The molecule has 0 unspecified atom stereocenters. The number of hydrogen-bond acceptors (Lipinski definition) is 6. The van der Waals surface area contributed by atoms with Crippen LogP contribution in [0.5, 0.6) is 0 Å². The Bertz CT molecular complexity index is 1360. The van der Waals surface area contributed by atoms with Gasteiger partial charge in [0, 0.05) is 25.5 Å². The Labute approximate surface area is 177 Å². The van der Waals surface area contributed by atoms with E-state index >= 15 is 0 Å². The highest BCUT2D eigenvalue weighted by atomic mass is 16.5. The molecule has 1 aliphatic carbocycles. The van der Waals surface area contributed by atoms with Gasteiger partial charge in [-0.1, -0.05) is 25.7 Å². The lowest BCUT2D eigenvalue weighted by Gasteiger charge is -2.18. The zero-order valence-corrected chi connectivity index (χ0v) is 17.4. The van der Waals surface area contributed by atoms with Gasteiger partial charge in [0.1, 0.15) is 6.61 Å². The Hall–Kier alpha value is -3.33. The number of pyridine rings is 3. The van der Waals surface area contributed by atoms with Crippen LogP contribution in [0.2, 0.25) is 0 Å². The molecule has 0 aromatic carbocycles. The molecule has 4 heterocycles. The van der Waals surface area contributed by atoms with E-state index in [-0.39, 0.29) is 29.7 Å². The number of rotatable bonds is 4. The molecule has 9 nitrogen and oxygen atoms in total. The van der Waals surface area contributed by atoms with Gasteiger partial charge in [-0.25, -0.2) is 9.55 Å². The van der Waals surface area contributed by atoms with Crippen molar-refractivity contribution in [2.75, 3.05) is 7.11 Å². The predicted molar refractivity (Wildman–Crippen MR) is 116 cm³/mol. The van der Waals surface area contributed by atoms with E-state index in [1.165, 1.54) is 17.4 Å². The SMILES string of the molecule is COCc1nc(-n2ccc3nc4ccn(C5CCCCCC5)c(=O)c4cc3c2=O)n[nH]1. The number of nitrogens with one attached hydrogen (secondary N) is 1. The third-order valence-corrected chi connectivity index (χ3v) is 6.00. The smallest absolute Gasteiger partial charge is 0.267 e. The highest BCUT2D eigenvalue weighted by Gasteiger charge is 2.18. The van der Waals surface area contributed by atoms with E-state index in [0.717, 1.165) is 25.7 Å². The Morgan fingerprint density at radius 2 is 1.71 bits per heavy atom. The largest absolute Gasteiger partial charge is 0.377 e. The van der Waals surface area contributed by atoms with Crippen LogP contribution in [0.15, 0.2) is 40.2 Å². The lowest BCUT2D eigenvalue weighted by atomic mass is 10.1. The minimum absolute atomic E-state index is 0.0890. The minimum Gasteiger partial charge on any atom is -0.377 e. The summed E-state index contributed by atoms with van der Waals surface area (Å²) in [5.74, 6) is 0.746. The lowest BCUT2D eigenvalue weighted by Crippen LogP contribution is -2.25. The molecule has 5 rings (SSSR count). The molecule has 0 spiro atoms. The fourth-order valence-electron chi connectivity index (χ4n) is 4.41. The average molecular weight is 420 g/mol. The normalized spacial score (nSPS) is 15.5. The minimum atomic E-state index is -0.320. The second-order valence-electron chi connectivity index (χ2n) is 8.03. The van der Waals surface area contributed by atoms with Gasteiger partial charge in [0.15, 0.2) is 5.82 Å². The number of H-pyrrole nitrogens is 1. The second-order valence-corrected chi connectivity index (χ2v) is 8.03. The quantitative estimate of drug-likeness (QED) is 0.402. The first-order valence-corrected chi connectivity index (χ1v) is 10.6. The Morgan fingerprint density at radius 3 is 2.45 bits per heavy atom. The first-order chi connectivity index (χ1) is 15.2. The van der Waals surface area contributed by atoms with Crippen LogP contribution < -0.4 is 11.1 Å². The van der Waals surface area contributed by atoms with Gasteiger partial charge >= 0.3 is 0 Å². The van der Waals surface area contributed by atoms with Crippen molar-refractivity contribution in [1.82, 2.24) is 29.3 Å². The maximum atomic E-state index is 13.3. The molecular formula is C22H24N6O3. The van der Waals surface area contributed by atoms with E-state index in [9.17, 15) is 9.59 Å². The number of aromatic nitrogens is 6. The first kappa shape index (κ1) is 19.6. The van der Waals surface area contributed by atoms with Crippen molar-refractivity contribution in [2.45, 2.75) is 51.2 Å². The van der Waals surface area contributed by atoms with Crippen LogP contribution in [0.4, 0.5) is 0 Å². The molecule has 1 aliphatic rings. The molecule has 0 aliphatic heterocycles. The molecule has 1 saturated carbocycles. The van der Waals surface area contributed by atoms with Crippen molar-refractivity contribution in [1.29, 1.82) is 0 Å². The van der Waals surface area contributed by atoms with Crippen LogP contribution in [-0.2, 0) is 11.3 Å². The van der Waals surface area contributed by atoms with Crippen molar-refractivity contribution in [2.24, 2.45) is 0 Å². The van der Waals surface area contributed by atoms with E-state index < -0.39 is 0 Å². The molecule has 0 atom stereocenters.